The topological polar surface area (TPSA) is 184 Å². The maximum Gasteiger partial charge on any atom is 0.293 e. The molecule has 0 unspecified atom stereocenters. The van der Waals surface area contributed by atoms with Crippen LogP contribution >= 0.6 is 11.6 Å². The summed E-state index contributed by atoms with van der Waals surface area (Å²) in [6.45, 7) is 7.83. The van der Waals surface area contributed by atoms with E-state index in [4.69, 9.17) is 25.8 Å². The summed E-state index contributed by atoms with van der Waals surface area (Å²) in [6, 6.07) is 26.3. The largest absolute Gasteiger partial charge is 0.493 e. The van der Waals surface area contributed by atoms with Crippen molar-refractivity contribution in [3.63, 3.8) is 0 Å². The summed E-state index contributed by atoms with van der Waals surface area (Å²) in [6.07, 6.45) is 4.90. The minimum atomic E-state index is -4.58. The molecule has 18 heteroatoms. The number of anilines is 2. The number of benzene rings is 4. The Bertz CT molecular complexity index is 2820. The number of nitrogens with zero attached hydrogens (tertiary/aromatic N) is 5. The smallest absolute Gasteiger partial charge is 0.293 e. The Morgan fingerprint density at radius 1 is 0.955 bits per heavy atom. The van der Waals surface area contributed by atoms with Crippen molar-refractivity contribution in [3.05, 3.63) is 130 Å². The molecule has 0 bridgehead atoms. The number of carbonyl (C=O) groups excluding carboxylic acids is 1. The van der Waals surface area contributed by atoms with Crippen molar-refractivity contribution in [1.82, 2.24) is 24.5 Å². The Hall–Kier alpha value is -6.24. The van der Waals surface area contributed by atoms with Crippen LogP contribution < -0.4 is 24.4 Å². The molecule has 4 aromatic carbocycles. The number of nitro benzene ring substituents is 1. The van der Waals surface area contributed by atoms with E-state index in [0.29, 0.717) is 68.3 Å². The van der Waals surface area contributed by atoms with Crippen LogP contribution in [0.5, 0.6) is 17.2 Å². The van der Waals surface area contributed by atoms with E-state index in [9.17, 15) is 23.3 Å². The average Bonchev–Trinajstić information content (AvgIpc) is 3.78. The van der Waals surface area contributed by atoms with Crippen LogP contribution in [-0.2, 0) is 21.3 Å². The number of nitrogens with one attached hydrogen (secondary N) is 3. The molecule has 0 saturated carbocycles. The number of rotatable bonds is 16. The molecule has 9 rings (SSSR count). The van der Waals surface area contributed by atoms with Crippen molar-refractivity contribution in [3.8, 4) is 28.4 Å². The molecule has 16 nitrogen and oxygen atoms in total. The zero-order valence-corrected chi connectivity index (χ0v) is 38.0. The third-order valence-electron chi connectivity index (χ3n) is 12.5. The first-order chi connectivity index (χ1) is 32.0. The first-order valence-electron chi connectivity index (χ1n) is 22.0. The molecule has 0 atom stereocenters. The second-order valence-corrected chi connectivity index (χ2v) is 19.2. The minimum Gasteiger partial charge on any atom is -0.493 e. The molecule has 0 spiro atoms. The fourth-order valence-corrected chi connectivity index (χ4v) is 9.91. The number of halogens is 1. The molecule has 66 heavy (non-hydrogen) atoms. The van der Waals surface area contributed by atoms with Crippen molar-refractivity contribution in [2.75, 3.05) is 82.9 Å². The lowest BCUT2D eigenvalue weighted by Gasteiger charge is -2.37. The molecule has 5 heterocycles. The van der Waals surface area contributed by atoms with Crippen molar-refractivity contribution in [1.29, 1.82) is 0 Å². The lowest BCUT2D eigenvalue weighted by molar-refractivity contribution is -0.384. The monoisotopic (exact) mass is 934 g/mol. The number of piperazine rings is 1. The highest BCUT2D eigenvalue weighted by atomic mass is 35.5. The summed E-state index contributed by atoms with van der Waals surface area (Å²) >= 11 is 6.27. The van der Waals surface area contributed by atoms with Crippen LogP contribution in [-0.4, -0.2) is 112 Å². The number of nitro groups is 1. The Labute approximate surface area is 388 Å². The maximum atomic E-state index is 14.0. The molecule has 3 aliphatic heterocycles. The van der Waals surface area contributed by atoms with Gasteiger partial charge in [0, 0.05) is 111 Å². The lowest BCUT2D eigenvalue weighted by Crippen LogP contribution is -2.46. The number of amides is 1. The Balaban J connectivity index is 0.931. The van der Waals surface area contributed by atoms with Gasteiger partial charge in [-0.15, -0.1) is 0 Å². The highest BCUT2D eigenvalue weighted by Gasteiger charge is 2.29. The Morgan fingerprint density at radius 2 is 1.74 bits per heavy atom. The Morgan fingerprint density at radius 3 is 2.50 bits per heavy atom. The van der Waals surface area contributed by atoms with Gasteiger partial charge < -0.3 is 34.3 Å². The predicted molar refractivity (Wildman–Crippen MR) is 253 cm³/mol. The number of aromatic amines is 1. The van der Waals surface area contributed by atoms with E-state index in [0.717, 1.165) is 78.6 Å². The number of carbonyl (C=O) groups is 1. The van der Waals surface area contributed by atoms with E-state index < -0.39 is 31.4 Å². The van der Waals surface area contributed by atoms with Gasteiger partial charge in [-0.1, -0.05) is 35.9 Å². The van der Waals surface area contributed by atoms with E-state index in [2.05, 4.69) is 47.8 Å². The van der Waals surface area contributed by atoms with E-state index in [1.54, 1.807) is 24.4 Å². The molecular weight excluding hydrogens is 884 g/mol. The third kappa shape index (κ3) is 10.4. The van der Waals surface area contributed by atoms with Gasteiger partial charge in [0.05, 0.1) is 28.2 Å². The molecule has 6 aromatic rings. The third-order valence-corrected chi connectivity index (χ3v) is 14.0. The number of hydrogen-bond acceptors (Lipinski definition) is 13. The number of pyridine rings is 1. The number of H-pyrrole nitrogens is 1. The molecular formula is C48H51ClN8O8S. The highest BCUT2D eigenvalue weighted by molar-refractivity contribution is 7.90. The quantitative estimate of drug-likeness (QED) is 0.0632. The normalized spacial score (nSPS) is 16.5. The molecule has 0 radical (unpaired) electrons. The SMILES string of the molecule is CN1CC(COc2cccc(-c3ccc(Cl)cc3)c2CN2CCN(c3ccc(C(=O)NS(=O)(=O)c4ccc(NCC5CCOCC5)c([N+](=O)[O-])c4)c(Oc4cnc5[nH]ccc5c4)c3)CC2)C1. The summed E-state index contributed by atoms with van der Waals surface area (Å²) in [5, 5.41) is 16.7. The van der Waals surface area contributed by atoms with Gasteiger partial charge in [-0.3, -0.25) is 19.8 Å². The standard InChI is InChI=1S/C48H51ClN8O8S/c1-54-28-33(29-54)31-64-45-4-2-3-40(34-5-7-36(49)8-6-34)42(45)30-55-17-19-56(20-18-55)37-9-11-41(46(24-37)65-38-23-35-13-16-50-47(35)52-27-38)48(58)53-66(61,62)39-10-12-43(44(25-39)57(59)60)51-26-32-14-21-63-22-15-32/h2-13,16,23-25,27,32-33,51H,14-15,17-22,26,28-31H2,1H3,(H,50,52)(H,53,58). The lowest BCUT2D eigenvalue weighted by atomic mass is 9.97. The Kier molecular flexibility index (Phi) is 13.4. The van der Waals surface area contributed by atoms with Gasteiger partial charge in [-0.2, -0.15) is 0 Å². The zero-order valence-electron chi connectivity index (χ0n) is 36.5. The van der Waals surface area contributed by atoms with Crippen molar-refractivity contribution in [2.45, 2.75) is 24.3 Å². The summed E-state index contributed by atoms with van der Waals surface area (Å²) in [5.41, 5.74) is 4.40. The van der Waals surface area contributed by atoms with E-state index >= 15 is 0 Å². The summed E-state index contributed by atoms with van der Waals surface area (Å²) in [5.74, 6) is 1.10. The number of ether oxygens (including phenoxy) is 3. The molecule has 344 valence electrons. The second kappa shape index (κ2) is 19.7. The van der Waals surface area contributed by atoms with Crippen LogP contribution in [0.15, 0.2) is 108 Å². The summed E-state index contributed by atoms with van der Waals surface area (Å²) in [4.78, 5) is 39.4. The van der Waals surface area contributed by atoms with Crippen LogP contribution in [0.2, 0.25) is 5.02 Å². The van der Waals surface area contributed by atoms with Gasteiger partial charge in [0.15, 0.2) is 0 Å². The van der Waals surface area contributed by atoms with Crippen molar-refractivity contribution < 1.29 is 32.3 Å². The van der Waals surface area contributed by atoms with E-state index in [1.807, 2.05) is 42.5 Å². The van der Waals surface area contributed by atoms with Crippen LogP contribution in [0.3, 0.4) is 0 Å². The second-order valence-electron chi connectivity index (χ2n) is 17.1. The maximum absolute atomic E-state index is 14.0. The van der Waals surface area contributed by atoms with Gasteiger partial charge in [0.2, 0.25) is 0 Å². The fraction of sp³-hybridized carbons (Fsp3) is 0.333. The van der Waals surface area contributed by atoms with Crippen LogP contribution in [0.1, 0.15) is 28.8 Å². The number of aromatic nitrogens is 2. The van der Waals surface area contributed by atoms with Gasteiger partial charge in [-0.05, 0) is 91.5 Å². The molecule has 3 saturated heterocycles. The fourth-order valence-electron chi connectivity index (χ4n) is 8.79. The van der Waals surface area contributed by atoms with E-state index in [-0.39, 0.29) is 22.9 Å². The highest BCUT2D eigenvalue weighted by Crippen LogP contribution is 2.36. The van der Waals surface area contributed by atoms with E-state index in [1.165, 1.54) is 24.4 Å². The van der Waals surface area contributed by atoms with Gasteiger partial charge in [-0.25, -0.2) is 18.1 Å². The number of likely N-dealkylation sites (tertiary alicyclic amines) is 1. The zero-order chi connectivity index (χ0) is 45.8. The van der Waals surface area contributed by atoms with Crippen LogP contribution in [0, 0.1) is 22.0 Å². The van der Waals surface area contributed by atoms with Gasteiger partial charge >= 0.3 is 0 Å². The molecule has 3 N–H and O–H groups in total. The number of fused-ring (bicyclic) bond motifs is 1. The summed E-state index contributed by atoms with van der Waals surface area (Å²) < 4.78 is 47.8. The number of sulfonamides is 1. The molecule has 1 amide bonds. The van der Waals surface area contributed by atoms with Crippen LogP contribution in [0.25, 0.3) is 22.2 Å². The first-order valence-corrected chi connectivity index (χ1v) is 23.9. The predicted octanol–water partition coefficient (Wildman–Crippen LogP) is 7.80. The van der Waals surface area contributed by atoms with Crippen LogP contribution in [0.4, 0.5) is 17.1 Å². The van der Waals surface area contributed by atoms with Gasteiger partial charge in [0.25, 0.3) is 21.6 Å². The van der Waals surface area contributed by atoms with Crippen molar-refractivity contribution >= 4 is 55.6 Å². The average molecular weight is 936 g/mol. The summed E-state index contributed by atoms with van der Waals surface area (Å²) in [7, 11) is -2.46. The minimum absolute atomic E-state index is 0.0562. The molecule has 0 aliphatic carbocycles. The molecule has 3 fully saturated rings. The molecule has 2 aromatic heterocycles. The van der Waals surface area contributed by atoms with Gasteiger partial charge in [0.1, 0.15) is 28.6 Å². The van der Waals surface area contributed by atoms with Crippen molar-refractivity contribution in [2.24, 2.45) is 11.8 Å². The molecule has 3 aliphatic rings. The number of hydrogen-bond donors (Lipinski definition) is 3. The first kappa shape index (κ1) is 44.9.